The van der Waals surface area contributed by atoms with Gasteiger partial charge in [0.25, 0.3) is 0 Å². The van der Waals surface area contributed by atoms with Gasteiger partial charge in [-0.15, -0.1) is 0 Å². The Labute approximate surface area is 135 Å². The molecule has 2 amide bonds. The summed E-state index contributed by atoms with van der Waals surface area (Å²) in [5.41, 5.74) is -0.146. The second kappa shape index (κ2) is 5.92. The topological polar surface area (TPSA) is 100 Å². The number of morpholine rings is 1. The van der Waals surface area contributed by atoms with Crippen molar-refractivity contribution in [3.05, 3.63) is 11.6 Å². The number of aromatic amines is 1. The van der Waals surface area contributed by atoms with Gasteiger partial charge in [-0.3, -0.25) is 14.7 Å². The maximum atomic E-state index is 12.5. The van der Waals surface area contributed by atoms with Crippen LogP contribution >= 0.6 is 0 Å². The van der Waals surface area contributed by atoms with Gasteiger partial charge in [-0.2, -0.15) is 5.10 Å². The minimum Gasteiger partial charge on any atom is -0.367 e. The van der Waals surface area contributed by atoms with Crippen molar-refractivity contribution in [1.82, 2.24) is 25.4 Å². The molecule has 0 bridgehead atoms. The third-order valence-electron chi connectivity index (χ3n) is 4.15. The largest absolute Gasteiger partial charge is 0.367 e. The van der Waals surface area contributed by atoms with Gasteiger partial charge in [0.2, 0.25) is 11.8 Å². The van der Waals surface area contributed by atoms with Crippen molar-refractivity contribution in [2.75, 3.05) is 19.7 Å². The SMILES string of the molecule is CC(C)(C)c1n[nH]c([C@@H]2CN(C(=O)[C@@H]3CCC(=O)N3)CCO2)n1. The normalized spacial score (nSPS) is 25.5. The van der Waals surface area contributed by atoms with Gasteiger partial charge >= 0.3 is 0 Å². The van der Waals surface area contributed by atoms with Crippen molar-refractivity contribution < 1.29 is 14.3 Å². The molecule has 2 N–H and O–H groups in total. The second-order valence-corrected chi connectivity index (χ2v) is 7.10. The Bertz CT molecular complexity index is 606. The number of hydrogen-bond acceptors (Lipinski definition) is 5. The average Bonchev–Trinajstić information content (AvgIpc) is 3.15. The standard InChI is InChI=1S/C15H23N5O3/c1-15(2,3)14-17-12(18-19-14)10-8-20(6-7-23-10)13(22)9-4-5-11(21)16-9/h9-10H,4-8H2,1-3H3,(H,16,21)(H,17,18,19)/t9-,10-/m0/s1. The summed E-state index contributed by atoms with van der Waals surface area (Å²) in [5.74, 6) is 1.27. The first-order chi connectivity index (χ1) is 10.8. The highest BCUT2D eigenvalue weighted by Crippen LogP contribution is 2.24. The molecule has 1 aromatic rings. The van der Waals surface area contributed by atoms with Gasteiger partial charge in [-0.1, -0.05) is 20.8 Å². The lowest BCUT2D eigenvalue weighted by atomic mass is 9.96. The number of H-pyrrole nitrogens is 1. The zero-order chi connectivity index (χ0) is 16.6. The van der Waals surface area contributed by atoms with E-state index in [2.05, 4.69) is 20.5 Å². The molecular weight excluding hydrogens is 298 g/mol. The Morgan fingerprint density at radius 3 is 2.78 bits per heavy atom. The first kappa shape index (κ1) is 15.9. The summed E-state index contributed by atoms with van der Waals surface area (Å²) in [4.78, 5) is 30.0. The van der Waals surface area contributed by atoms with Gasteiger partial charge in [-0.05, 0) is 6.42 Å². The van der Waals surface area contributed by atoms with Crippen molar-refractivity contribution in [1.29, 1.82) is 0 Å². The summed E-state index contributed by atoms with van der Waals surface area (Å²) in [6.45, 7) is 7.52. The number of carbonyl (C=O) groups is 2. The number of carbonyl (C=O) groups excluding carboxylic acids is 2. The fraction of sp³-hybridized carbons (Fsp3) is 0.733. The number of nitrogens with one attached hydrogen (secondary N) is 2. The van der Waals surface area contributed by atoms with Crippen molar-refractivity contribution in [2.45, 2.75) is 51.2 Å². The van der Waals surface area contributed by atoms with Gasteiger partial charge in [0.15, 0.2) is 11.6 Å². The van der Waals surface area contributed by atoms with E-state index in [9.17, 15) is 9.59 Å². The smallest absolute Gasteiger partial charge is 0.245 e. The van der Waals surface area contributed by atoms with Crippen molar-refractivity contribution in [3.63, 3.8) is 0 Å². The maximum absolute atomic E-state index is 12.5. The molecule has 3 rings (SSSR count). The molecule has 8 nitrogen and oxygen atoms in total. The molecule has 0 unspecified atom stereocenters. The van der Waals surface area contributed by atoms with E-state index in [1.165, 1.54) is 0 Å². The molecule has 2 saturated heterocycles. The first-order valence-electron chi connectivity index (χ1n) is 7.97. The summed E-state index contributed by atoms with van der Waals surface area (Å²) in [6, 6.07) is -0.402. The summed E-state index contributed by atoms with van der Waals surface area (Å²) < 4.78 is 5.74. The van der Waals surface area contributed by atoms with Crippen LogP contribution < -0.4 is 5.32 Å². The van der Waals surface area contributed by atoms with Crippen LogP contribution in [-0.4, -0.2) is 57.6 Å². The van der Waals surface area contributed by atoms with Crippen LogP contribution in [0.3, 0.4) is 0 Å². The maximum Gasteiger partial charge on any atom is 0.245 e. The molecule has 2 aliphatic heterocycles. The Morgan fingerprint density at radius 2 is 2.17 bits per heavy atom. The monoisotopic (exact) mass is 321 g/mol. The molecule has 8 heteroatoms. The molecule has 1 aromatic heterocycles. The molecule has 0 spiro atoms. The van der Waals surface area contributed by atoms with Crippen LogP contribution in [0, 0.1) is 0 Å². The molecule has 0 aromatic carbocycles. The number of rotatable bonds is 2. The highest BCUT2D eigenvalue weighted by Gasteiger charge is 2.35. The highest BCUT2D eigenvalue weighted by atomic mass is 16.5. The van der Waals surface area contributed by atoms with E-state index in [0.717, 1.165) is 5.82 Å². The third kappa shape index (κ3) is 3.36. The van der Waals surface area contributed by atoms with Crippen LogP contribution in [0.15, 0.2) is 0 Å². The van der Waals surface area contributed by atoms with Crippen LogP contribution in [0.4, 0.5) is 0 Å². The molecular formula is C15H23N5O3. The van der Waals surface area contributed by atoms with Crippen molar-refractivity contribution >= 4 is 11.8 Å². The Hall–Kier alpha value is -1.96. The lowest BCUT2D eigenvalue weighted by molar-refractivity contribution is -0.142. The van der Waals surface area contributed by atoms with Gasteiger partial charge in [0, 0.05) is 18.4 Å². The quantitative estimate of drug-likeness (QED) is 0.815. The summed E-state index contributed by atoms with van der Waals surface area (Å²) in [6.07, 6.45) is 0.672. The average molecular weight is 321 g/mol. The molecule has 3 heterocycles. The fourth-order valence-electron chi connectivity index (χ4n) is 2.79. The summed E-state index contributed by atoms with van der Waals surface area (Å²) in [5, 5.41) is 9.89. The number of ether oxygens (including phenoxy) is 1. The number of aromatic nitrogens is 3. The number of nitrogens with zero attached hydrogens (tertiary/aromatic N) is 3. The molecule has 0 saturated carbocycles. The molecule has 2 fully saturated rings. The van der Waals surface area contributed by atoms with Gasteiger partial charge in [0.1, 0.15) is 12.1 Å². The Morgan fingerprint density at radius 1 is 1.39 bits per heavy atom. The van der Waals surface area contributed by atoms with Crippen LogP contribution in [0.2, 0.25) is 0 Å². The Balaban J connectivity index is 1.67. The molecule has 0 radical (unpaired) electrons. The van der Waals surface area contributed by atoms with Crippen LogP contribution in [0.1, 0.15) is 51.4 Å². The molecule has 0 aliphatic carbocycles. The van der Waals surface area contributed by atoms with E-state index in [1.807, 2.05) is 20.8 Å². The minimum atomic E-state index is -0.402. The van der Waals surface area contributed by atoms with Crippen LogP contribution in [-0.2, 0) is 19.7 Å². The second-order valence-electron chi connectivity index (χ2n) is 7.10. The van der Waals surface area contributed by atoms with E-state index in [0.29, 0.717) is 38.4 Å². The third-order valence-corrected chi connectivity index (χ3v) is 4.15. The highest BCUT2D eigenvalue weighted by molar-refractivity contribution is 5.90. The lowest BCUT2D eigenvalue weighted by Gasteiger charge is -2.33. The first-order valence-corrected chi connectivity index (χ1v) is 7.97. The van der Waals surface area contributed by atoms with E-state index >= 15 is 0 Å². The molecule has 2 atom stereocenters. The van der Waals surface area contributed by atoms with Crippen LogP contribution in [0.25, 0.3) is 0 Å². The van der Waals surface area contributed by atoms with Crippen molar-refractivity contribution in [3.8, 4) is 0 Å². The van der Waals surface area contributed by atoms with E-state index in [-0.39, 0.29) is 23.3 Å². The fourth-order valence-corrected chi connectivity index (χ4v) is 2.79. The predicted molar refractivity (Wildman–Crippen MR) is 81.5 cm³/mol. The summed E-state index contributed by atoms with van der Waals surface area (Å²) >= 11 is 0. The lowest BCUT2D eigenvalue weighted by Crippen LogP contribution is -2.49. The molecule has 23 heavy (non-hydrogen) atoms. The predicted octanol–water partition coefficient (Wildman–Crippen LogP) is 0.281. The summed E-state index contributed by atoms with van der Waals surface area (Å²) in [7, 11) is 0. The zero-order valence-electron chi connectivity index (χ0n) is 13.8. The number of hydrogen-bond donors (Lipinski definition) is 2. The van der Waals surface area contributed by atoms with Crippen LogP contribution in [0.5, 0.6) is 0 Å². The minimum absolute atomic E-state index is 0.0419. The van der Waals surface area contributed by atoms with E-state index < -0.39 is 6.04 Å². The van der Waals surface area contributed by atoms with Crippen molar-refractivity contribution in [2.24, 2.45) is 0 Å². The Kier molecular flexibility index (Phi) is 4.09. The van der Waals surface area contributed by atoms with Gasteiger partial charge in [0.05, 0.1) is 13.2 Å². The van der Waals surface area contributed by atoms with Gasteiger partial charge in [-0.25, -0.2) is 4.98 Å². The molecule has 126 valence electrons. The molecule has 2 aliphatic rings. The van der Waals surface area contributed by atoms with Gasteiger partial charge < -0.3 is 15.0 Å². The zero-order valence-corrected chi connectivity index (χ0v) is 13.8. The number of amides is 2. The van der Waals surface area contributed by atoms with E-state index in [1.54, 1.807) is 4.90 Å². The van der Waals surface area contributed by atoms with E-state index in [4.69, 9.17) is 4.74 Å².